The number of carbonyl (C=O) groups excluding carboxylic acids is 1. The lowest BCUT2D eigenvalue weighted by Gasteiger charge is -2.41. The SMILES string of the molecule is CC1CCCC(CNC2CCCN(C(=O)OC(C)(C)C)C2C)C1. The average Bonchev–Trinajstić information content (AvgIpc) is 2.44. The number of piperidine rings is 1. The topological polar surface area (TPSA) is 41.6 Å². The molecule has 2 rings (SSSR count). The Morgan fingerprint density at radius 1 is 1.17 bits per heavy atom. The first-order valence-corrected chi connectivity index (χ1v) is 9.49. The Bertz CT molecular complexity index is 391. The molecule has 1 aliphatic heterocycles. The van der Waals surface area contributed by atoms with Crippen molar-refractivity contribution < 1.29 is 9.53 Å². The second-order valence-electron chi connectivity index (χ2n) is 8.71. The smallest absolute Gasteiger partial charge is 0.410 e. The van der Waals surface area contributed by atoms with E-state index in [0.717, 1.165) is 37.8 Å². The summed E-state index contributed by atoms with van der Waals surface area (Å²) in [6, 6.07) is 0.605. The van der Waals surface area contributed by atoms with Crippen LogP contribution in [-0.4, -0.2) is 41.8 Å². The molecule has 134 valence electrons. The Balaban J connectivity index is 1.84. The van der Waals surface area contributed by atoms with Crippen LogP contribution in [0.1, 0.15) is 73.1 Å². The van der Waals surface area contributed by atoms with Gasteiger partial charge < -0.3 is 15.0 Å². The van der Waals surface area contributed by atoms with E-state index in [1.54, 1.807) is 0 Å². The van der Waals surface area contributed by atoms with Crippen molar-refractivity contribution in [2.24, 2.45) is 11.8 Å². The largest absolute Gasteiger partial charge is 0.444 e. The predicted molar refractivity (Wildman–Crippen MR) is 94.5 cm³/mol. The molecule has 2 fully saturated rings. The van der Waals surface area contributed by atoms with Gasteiger partial charge in [-0.2, -0.15) is 0 Å². The summed E-state index contributed by atoms with van der Waals surface area (Å²) < 4.78 is 5.56. The Labute approximate surface area is 142 Å². The van der Waals surface area contributed by atoms with E-state index < -0.39 is 5.60 Å². The average molecular weight is 325 g/mol. The van der Waals surface area contributed by atoms with Crippen LogP contribution in [0.15, 0.2) is 0 Å². The third-order valence-corrected chi connectivity index (χ3v) is 5.33. The lowest BCUT2D eigenvalue weighted by Crippen LogP contribution is -2.56. The van der Waals surface area contributed by atoms with E-state index in [0.29, 0.717) is 6.04 Å². The van der Waals surface area contributed by atoms with E-state index in [1.165, 1.54) is 25.7 Å². The van der Waals surface area contributed by atoms with Crippen molar-refractivity contribution in [3.8, 4) is 0 Å². The first-order valence-electron chi connectivity index (χ1n) is 9.49. The second-order valence-corrected chi connectivity index (χ2v) is 8.71. The van der Waals surface area contributed by atoms with Gasteiger partial charge in [0.15, 0.2) is 0 Å². The molecule has 2 aliphatic rings. The Kier molecular flexibility index (Phi) is 6.35. The van der Waals surface area contributed by atoms with Crippen LogP contribution in [0.5, 0.6) is 0 Å². The van der Waals surface area contributed by atoms with E-state index in [9.17, 15) is 4.79 Å². The normalized spacial score (nSPS) is 32.7. The summed E-state index contributed by atoms with van der Waals surface area (Å²) in [6.45, 7) is 12.2. The number of rotatable bonds is 3. The van der Waals surface area contributed by atoms with Crippen molar-refractivity contribution in [2.75, 3.05) is 13.1 Å². The minimum Gasteiger partial charge on any atom is -0.444 e. The highest BCUT2D eigenvalue weighted by atomic mass is 16.6. The summed E-state index contributed by atoms with van der Waals surface area (Å²) >= 11 is 0. The molecule has 4 atom stereocenters. The van der Waals surface area contributed by atoms with Gasteiger partial charge in [-0.05, 0) is 71.8 Å². The molecule has 1 saturated carbocycles. The van der Waals surface area contributed by atoms with Crippen LogP contribution < -0.4 is 5.32 Å². The van der Waals surface area contributed by atoms with E-state index in [2.05, 4.69) is 19.2 Å². The molecule has 1 amide bonds. The molecule has 0 spiro atoms. The molecule has 0 aromatic carbocycles. The van der Waals surface area contributed by atoms with Gasteiger partial charge in [-0.25, -0.2) is 4.79 Å². The molecule has 0 aromatic heterocycles. The van der Waals surface area contributed by atoms with E-state index in [-0.39, 0.29) is 12.1 Å². The number of nitrogens with one attached hydrogen (secondary N) is 1. The van der Waals surface area contributed by atoms with Crippen molar-refractivity contribution in [2.45, 2.75) is 90.8 Å². The highest BCUT2D eigenvalue weighted by molar-refractivity contribution is 5.68. The molecule has 23 heavy (non-hydrogen) atoms. The van der Waals surface area contributed by atoms with Gasteiger partial charge in [-0.15, -0.1) is 0 Å². The van der Waals surface area contributed by atoms with Gasteiger partial charge in [0.25, 0.3) is 0 Å². The number of amides is 1. The van der Waals surface area contributed by atoms with Gasteiger partial charge in [0.1, 0.15) is 5.60 Å². The number of likely N-dealkylation sites (tertiary alicyclic amines) is 1. The monoisotopic (exact) mass is 324 g/mol. The lowest BCUT2D eigenvalue weighted by molar-refractivity contribution is 0.00673. The number of carbonyl (C=O) groups is 1. The van der Waals surface area contributed by atoms with Crippen LogP contribution in [0.3, 0.4) is 0 Å². The number of hydrogen-bond donors (Lipinski definition) is 1. The van der Waals surface area contributed by atoms with Crippen molar-refractivity contribution >= 4 is 6.09 Å². The minimum atomic E-state index is -0.421. The zero-order chi connectivity index (χ0) is 17.0. The Hall–Kier alpha value is -0.770. The second kappa shape index (κ2) is 7.87. The van der Waals surface area contributed by atoms with E-state index >= 15 is 0 Å². The standard InChI is InChI=1S/C19H36N2O2/c1-14-8-6-9-16(12-14)13-20-17-10-7-11-21(15(17)2)18(22)23-19(3,4)5/h14-17,20H,6-13H2,1-5H3. The summed E-state index contributed by atoms with van der Waals surface area (Å²) in [7, 11) is 0. The molecule has 4 nitrogen and oxygen atoms in total. The third kappa shape index (κ3) is 5.66. The fourth-order valence-electron chi connectivity index (χ4n) is 4.06. The highest BCUT2D eigenvalue weighted by Crippen LogP contribution is 2.28. The molecule has 4 heteroatoms. The quantitative estimate of drug-likeness (QED) is 0.846. The fraction of sp³-hybridized carbons (Fsp3) is 0.947. The summed E-state index contributed by atoms with van der Waals surface area (Å²) in [5.41, 5.74) is -0.421. The maximum Gasteiger partial charge on any atom is 0.410 e. The van der Waals surface area contributed by atoms with Crippen LogP contribution in [0, 0.1) is 11.8 Å². The van der Waals surface area contributed by atoms with Gasteiger partial charge in [0, 0.05) is 18.6 Å². The first-order chi connectivity index (χ1) is 10.8. The third-order valence-electron chi connectivity index (χ3n) is 5.33. The first kappa shape index (κ1) is 18.6. The lowest BCUT2D eigenvalue weighted by atomic mass is 9.82. The molecular weight excluding hydrogens is 288 g/mol. The molecule has 0 radical (unpaired) electrons. The fourth-order valence-corrected chi connectivity index (χ4v) is 4.06. The van der Waals surface area contributed by atoms with Gasteiger partial charge >= 0.3 is 6.09 Å². The summed E-state index contributed by atoms with van der Waals surface area (Å²) in [5.74, 6) is 1.68. The van der Waals surface area contributed by atoms with Gasteiger partial charge in [0.2, 0.25) is 0 Å². The number of ether oxygens (including phenoxy) is 1. The zero-order valence-corrected chi connectivity index (χ0v) is 15.7. The zero-order valence-electron chi connectivity index (χ0n) is 15.7. The molecule has 1 N–H and O–H groups in total. The van der Waals surface area contributed by atoms with Crippen LogP contribution in [0.2, 0.25) is 0 Å². The van der Waals surface area contributed by atoms with Crippen molar-refractivity contribution in [3.05, 3.63) is 0 Å². The summed E-state index contributed by atoms with van der Waals surface area (Å²) in [5, 5.41) is 3.76. The summed E-state index contributed by atoms with van der Waals surface area (Å²) in [4.78, 5) is 14.3. The molecule has 4 unspecified atom stereocenters. The van der Waals surface area contributed by atoms with Crippen molar-refractivity contribution in [1.82, 2.24) is 10.2 Å². The molecule has 1 aliphatic carbocycles. The van der Waals surface area contributed by atoms with Crippen molar-refractivity contribution in [1.29, 1.82) is 0 Å². The minimum absolute atomic E-state index is 0.164. The van der Waals surface area contributed by atoms with Crippen molar-refractivity contribution in [3.63, 3.8) is 0 Å². The Morgan fingerprint density at radius 2 is 1.91 bits per heavy atom. The van der Waals surface area contributed by atoms with Gasteiger partial charge in [0.05, 0.1) is 0 Å². The van der Waals surface area contributed by atoms with Crippen LogP contribution in [0.25, 0.3) is 0 Å². The van der Waals surface area contributed by atoms with E-state index in [1.807, 2.05) is 25.7 Å². The number of hydrogen-bond acceptors (Lipinski definition) is 3. The maximum atomic E-state index is 12.4. The van der Waals surface area contributed by atoms with Gasteiger partial charge in [-0.1, -0.05) is 19.8 Å². The molecule has 1 heterocycles. The van der Waals surface area contributed by atoms with Crippen LogP contribution in [0.4, 0.5) is 4.79 Å². The Morgan fingerprint density at radius 3 is 2.57 bits per heavy atom. The maximum absolute atomic E-state index is 12.4. The molecule has 0 bridgehead atoms. The predicted octanol–water partition coefficient (Wildman–Crippen LogP) is 4.19. The molecular formula is C19H36N2O2. The number of nitrogens with zero attached hydrogens (tertiary/aromatic N) is 1. The highest BCUT2D eigenvalue weighted by Gasteiger charge is 2.34. The summed E-state index contributed by atoms with van der Waals surface area (Å²) in [6.07, 6.45) is 7.52. The van der Waals surface area contributed by atoms with Crippen LogP contribution in [-0.2, 0) is 4.74 Å². The van der Waals surface area contributed by atoms with Gasteiger partial charge in [-0.3, -0.25) is 0 Å². The molecule has 1 saturated heterocycles. The van der Waals surface area contributed by atoms with E-state index in [4.69, 9.17) is 4.74 Å². The van der Waals surface area contributed by atoms with Crippen LogP contribution >= 0.6 is 0 Å². The molecule has 0 aromatic rings.